The van der Waals surface area contributed by atoms with E-state index >= 15 is 0 Å². The predicted molar refractivity (Wildman–Crippen MR) is 113 cm³/mol. The third-order valence-electron chi connectivity index (χ3n) is 4.12. The van der Waals surface area contributed by atoms with E-state index in [4.69, 9.17) is 17.3 Å². The van der Waals surface area contributed by atoms with Crippen molar-refractivity contribution >= 4 is 40.5 Å². The molecule has 1 aromatic heterocycles. The summed E-state index contributed by atoms with van der Waals surface area (Å²) in [6.45, 7) is 4.28. The van der Waals surface area contributed by atoms with Gasteiger partial charge in [-0.15, -0.1) is 0 Å². The molecule has 1 amide bonds. The highest BCUT2D eigenvalue weighted by Gasteiger charge is 2.11. The monoisotopic (exact) mass is 396 g/mol. The van der Waals surface area contributed by atoms with Crippen molar-refractivity contribution in [2.45, 2.75) is 19.8 Å². The fraction of sp³-hybridized carbons (Fsp3) is 0.150. The molecule has 0 aliphatic rings. The van der Waals surface area contributed by atoms with Gasteiger partial charge in [0.15, 0.2) is 11.6 Å². The number of nitrogen functional groups attached to an aromatic ring is 1. The second kappa shape index (κ2) is 8.58. The Kier molecular flexibility index (Phi) is 5.96. The van der Waals surface area contributed by atoms with Gasteiger partial charge in [-0.2, -0.15) is 0 Å². The van der Waals surface area contributed by atoms with E-state index in [1.807, 2.05) is 12.1 Å². The first-order chi connectivity index (χ1) is 13.4. The minimum atomic E-state index is -0.339. The van der Waals surface area contributed by atoms with Gasteiger partial charge in [0, 0.05) is 16.3 Å². The van der Waals surface area contributed by atoms with Crippen LogP contribution in [0.15, 0.2) is 54.9 Å². The Bertz CT molecular complexity index is 957. The van der Waals surface area contributed by atoms with Crippen LogP contribution >= 0.6 is 11.6 Å². The summed E-state index contributed by atoms with van der Waals surface area (Å²) in [5.41, 5.74) is 14.3. The van der Waals surface area contributed by atoms with E-state index in [2.05, 4.69) is 52.1 Å². The molecule has 7 nitrogen and oxygen atoms in total. The molecule has 3 aromatic rings. The van der Waals surface area contributed by atoms with Crippen LogP contribution in [0.25, 0.3) is 0 Å². The van der Waals surface area contributed by atoms with Crippen LogP contribution in [0.1, 0.15) is 35.7 Å². The Balaban J connectivity index is 1.68. The molecule has 0 atom stereocenters. The van der Waals surface area contributed by atoms with E-state index < -0.39 is 0 Å². The van der Waals surface area contributed by atoms with Gasteiger partial charge in [0.25, 0.3) is 5.91 Å². The predicted octanol–water partition coefficient (Wildman–Crippen LogP) is 4.34. The van der Waals surface area contributed by atoms with Gasteiger partial charge in [-0.1, -0.05) is 37.6 Å². The van der Waals surface area contributed by atoms with Crippen molar-refractivity contribution in [1.82, 2.24) is 15.4 Å². The minimum absolute atomic E-state index is 0.284. The van der Waals surface area contributed by atoms with Crippen LogP contribution < -0.4 is 21.9 Å². The van der Waals surface area contributed by atoms with Gasteiger partial charge in [-0.3, -0.25) is 15.6 Å². The molecule has 144 valence electrons. The standard InChI is InChI=1S/C20H21ClN6O/c1-12(2)13-5-9-16(10-6-13)25-18-17(22)19(24-11-23-18)26-27-20(28)14-3-7-15(21)8-4-14/h3-12H,22H2,1-2H3,(H,27,28)(H2,23,24,25,26). The number of anilines is 4. The van der Waals surface area contributed by atoms with Gasteiger partial charge in [-0.25, -0.2) is 9.97 Å². The van der Waals surface area contributed by atoms with E-state index in [1.165, 1.54) is 11.9 Å². The number of rotatable bonds is 6. The Hall–Kier alpha value is -3.32. The number of nitrogens with one attached hydrogen (secondary N) is 3. The van der Waals surface area contributed by atoms with Crippen molar-refractivity contribution in [2.75, 3.05) is 16.5 Å². The zero-order chi connectivity index (χ0) is 20.1. The van der Waals surface area contributed by atoms with Crippen LogP contribution in [0.3, 0.4) is 0 Å². The zero-order valence-corrected chi connectivity index (χ0v) is 16.3. The lowest BCUT2D eigenvalue weighted by Gasteiger charge is -2.14. The maximum atomic E-state index is 12.2. The van der Waals surface area contributed by atoms with Crippen LogP contribution in [0, 0.1) is 0 Å². The average Bonchev–Trinajstić information content (AvgIpc) is 2.69. The number of carbonyl (C=O) groups is 1. The van der Waals surface area contributed by atoms with E-state index in [9.17, 15) is 4.79 Å². The van der Waals surface area contributed by atoms with Crippen LogP contribution in [-0.2, 0) is 0 Å². The molecule has 0 aliphatic carbocycles. The number of aromatic nitrogens is 2. The number of nitrogens with zero attached hydrogens (tertiary/aromatic N) is 2. The first-order valence-electron chi connectivity index (χ1n) is 8.73. The largest absolute Gasteiger partial charge is 0.393 e. The quantitative estimate of drug-likeness (QED) is 0.462. The fourth-order valence-corrected chi connectivity index (χ4v) is 2.60. The molecule has 0 radical (unpaired) electrons. The maximum absolute atomic E-state index is 12.2. The van der Waals surface area contributed by atoms with Gasteiger partial charge in [0.1, 0.15) is 12.0 Å². The first-order valence-corrected chi connectivity index (χ1v) is 9.11. The highest BCUT2D eigenvalue weighted by molar-refractivity contribution is 6.30. The second-order valence-electron chi connectivity index (χ2n) is 6.47. The average molecular weight is 397 g/mol. The third-order valence-corrected chi connectivity index (χ3v) is 4.38. The number of carbonyl (C=O) groups excluding carboxylic acids is 1. The summed E-state index contributed by atoms with van der Waals surface area (Å²) in [7, 11) is 0. The number of halogens is 1. The SMILES string of the molecule is CC(C)c1ccc(Nc2ncnc(NNC(=O)c3ccc(Cl)cc3)c2N)cc1. The lowest BCUT2D eigenvalue weighted by molar-refractivity contribution is 0.0962. The molecule has 0 spiro atoms. The summed E-state index contributed by atoms with van der Waals surface area (Å²) in [6.07, 6.45) is 1.36. The highest BCUT2D eigenvalue weighted by atomic mass is 35.5. The van der Waals surface area contributed by atoms with Gasteiger partial charge in [-0.05, 0) is 47.9 Å². The van der Waals surface area contributed by atoms with Crippen molar-refractivity contribution in [3.63, 3.8) is 0 Å². The van der Waals surface area contributed by atoms with Gasteiger partial charge >= 0.3 is 0 Å². The second-order valence-corrected chi connectivity index (χ2v) is 6.91. The van der Waals surface area contributed by atoms with Crippen molar-refractivity contribution in [2.24, 2.45) is 0 Å². The van der Waals surface area contributed by atoms with Gasteiger partial charge in [0.2, 0.25) is 0 Å². The van der Waals surface area contributed by atoms with E-state index in [0.29, 0.717) is 28.1 Å². The molecule has 8 heteroatoms. The molecule has 1 heterocycles. The summed E-state index contributed by atoms with van der Waals surface area (Å²) >= 11 is 5.83. The molecule has 0 bridgehead atoms. The van der Waals surface area contributed by atoms with Crippen molar-refractivity contribution in [3.05, 3.63) is 71.0 Å². The molecule has 0 saturated heterocycles. The first kappa shape index (κ1) is 19.4. The Labute approximate surface area is 168 Å². The van der Waals surface area contributed by atoms with Crippen molar-refractivity contribution < 1.29 is 4.79 Å². The number of benzene rings is 2. The number of hydrogen-bond acceptors (Lipinski definition) is 6. The number of hydrogen-bond donors (Lipinski definition) is 4. The maximum Gasteiger partial charge on any atom is 0.269 e. The van der Waals surface area contributed by atoms with E-state index in [0.717, 1.165) is 5.69 Å². The molecular weight excluding hydrogens is 376 g/mol. The summed E-state index contributed by atoms with van der Waals surface area (Å²) in [4.78, 5) is 20.4. The minimum Gasteiger partial charge on any atom is -0.393 e. The summed E-state index contributed by atoms with van der Waals surface area (Å²) in [5, 5.41) is 3.72. The van der Waals surface area contributed by atoms with Gasteiger partial charge in [0.05, 0.1) is 0 Å². The smallest absolute Gasteiger partial charge is 0.269 e. The topological polar surface area (TPSA) is 105 Å². The lowest BCUT2D eigenvalue weighted by atomic mass is 10.0. The zero-order valence-electron chi connectivity index (χ0n) is 15.5. The van der Waals surface area contributed by atoms with Gasteiger partial charge < -0.3 is 11.1 Å². The van der Waals surface area contributed by atoms with Crippen molar-refractivity contribution in [3.8, 4) is 0 Å². The fourth-order valence-electron chi connectivity index (χ4n) is 2.47. The molecule has 3 rings (SSSR count). The Morgan fingerprint density at radius 1 is 1.00 bits per heavy atom. The number of nitrogens with two attached hydrogens (primary N) is 1. The Morgan fingerprint density at radius 2 is 1.64 bits per heavy atom. The molecule has 0 unspecified atom stereocenters. The molecule has 5 N–H and O–H groups in total. The summed E-state index contributed by atoms with van der Waals surface area (Å²) in [6, 6.07) is 14.6. The molecular formula is C20H21ClN6O. The van der Waals surface area contributed by atoms with E-state index in [-0.39, 0.29) is 11.6 Å². The highest BCUT2D eigenvalue weighted by Crippen LogP contribution is 2.26. The molecule has 0 fully saturated rings. The molecule has 0 aliphatic heterocycles. The molecule has 0 saturated carbocycles. The molecule has 28 heavy (non-hydrogen) atoms. The Morgan fingerprint density at radius 3 is 2.29 bits per heavy atom. The van der Waals surface area contributed by atoms with Crippen LogP contribution in [0.2, 0.25) is 5.02 Å². The summed E-state index contributed by atoms with van der Waals surface area (Å²) in [5.74, 6) is 0.848. The normalized spacial score (nSPS) is 10.6. The third kappa shape index (κ3) is 4.69. The van der Waals surface area contributed by atoms with Crippen LogP contribution in [0.5, 0.6) is 0 Å². The number of amides is 1. The van der Waals surface area contributed by atoms with Crippen molar-refractivity contribution in [1.29, 1.82) is 0 Å². The summed E-state index contributed by atoms with van der Waals surface area (Å²) < 4.78 is 0. The van der Waals surface area contributed by atoms with Crippen LogP contribution in [0.4, 0.5) is 23.0 Å². The number of hydrazine groups is 1. The van der Waals surface area contributed by atoms with E-state index in [1.54, 1.807) is 24.3 Å². The van der Waals surface area contributed by atoms with Crippen LogP contribution in [-0.4, -0.2) is 15.9 Å². The molecule has 2 aromatic carbocycles. The lowest BCUT2D eigenvalue weighted by Crippen LogP contribution is -2.30.